The maximum Gasteiger partial charge on any atom is 0.516 e. The number of esters is 1. The molecule has 5 heteroatoms. The summed E-state index contributed by atoms with van der Waals surface area (Å²) in [4.78, 5) is 22.9. The van der Waals surface area contributed by atoms with Crippen LogP contribution in [0.2, 0.25) is 0 Å². The Labute approximate surface area is 119 Å². The van der Waals surface area contributed by atoms with Crippen molar-refractivity contribution in [3.8, 4) is 0 Å². The molecule has 0 saturated carbocycles. The summed E-state index contributed by atoms with van der Waals surface area (Å²) in [6.45, 7) is 5.81. The smallest absolute Gasteiger partial charge is 0.429 e. The molecule has 0 spiro atoms. The van der Waals surface area contributed by atoms with E-state index in [9.17, 15) is 9.59 Å². The molecule has 2 N–H and O–H groups in total. The van der Waals surface area contributed by atoms with Gasteiger partial charge in [0, 0.05) is 6.04 Å². The number of hydrogen-bond acceptors (Lipinski definition) is 5. The Morgan fingerprint density at radius 2 is 1.80 bits per heavy atom. The van der Waals surface area contributed by atoms with E-state index >= 15 is 0 Å². The van der Waals surface area contributed by atoms with Gasteiger partial charge in [0.15, 0.2) is 0 Å². The van der Waals surface area contributed by atoms with Crippen molar-refractivity contribution in [1.29, 1.82) is 0 Å². The fourth-order valence-electron chi connectivity index (χ4n) is 1.37. The van der Waals surface area contributed by atoms with Crippen molar-refractivity contribution < 1.29 is 19.1 Å². The van der Waals surface area contributed by atoms with Crippen molar-refractivity contribution in [1.82, 2.24) is 0 Å². The van der Waals surface area contributed by atoms with E-state index < -0.39 is 12.1 Å². The second-order valence-electron chi connectivity index (χ2n) is 5.67. The summed E-state index contributed by atoms with van der Waals surface area (Å²) in [5.74, 6) is -0.675. The Hall–Kier alpha value is -1.88. The highest BCUT2D eigenvalue weighted by Gasteiger charge is 2.25. The molecule has 0 aliphatic rings. The molecule has 1 rings (SSSR count). The quantitative estimate of drug-likeness (QED) is 0.677. The summed E-state index contributed by atoms with van der Waals surface area (Å²) >= 11 is 0. The molecule has 110 valence electrons. The van der Waals surface area contributed by atoms with Gasteiger partial charge in [-0.2, -0.15) is 0 Å². The van der Waals surface area contributed by atoms with Crippen molar-refractivity contribution in [3.05, 3.63) is 35.9 Å². The van der Waals surface area contributed by atoms with Gasteiger partial charge in [0.2, 0.25) is 0 Å². The van der Waals surface area contributed by atoms with Crippen LogP contribution in [0.3, 0.4) is 0 Å². The van der Waals surface area contributed by atoms with Crippen molar-refractivity contribution in [3.63, 3.8) is 0 Å². The third-order valence-electron chi connectivity index (χ3n) is 2.90. The van der Waals surface area contributed by atoms with E-state index in [1.54, 1.807) is 0 Å². The molecule has 0 aliphatic heterocycles. The van der Waals surface area contributed by atoms with Gasteiger partial charge in [-0.05, 0) is 11.0 Å². The zero-order valence-corrected chi connectivity index (χ0v) is 12.1. The fourth-order valence-corrected chi connectivity index (χ4v) is 1.37. The number of carbonyl (C=O) groups is 2. The third kappa shape index (κ3) is 5.84. The highest BCUT2D eigenvalue weighted by molar-refractivity contribution is 5.82. The van der Waals surface area contributed by atoms with Crippen LogP contribution in [0.25, 0.3) is 0 Å². The molecule has 0 bridgehead atoms. The SMILES string of the molecule is CC(C)(C)C(N)CC(=O)OC(=O)OCc1ccccc1. The molecule has 0 saturated heterocycles. The topological polar surface area (TPSA) is 78.6 Å². The number of nitrogens with two attached hydrogens (primary N) is 1. The van der Waals surface area contributed by atoms with E-state index in [-0.39, 0.29) is 24.5 Å². The van der Waals surface area contributed by atoms with Gasteiger partial charge in [0.1, 0.15) is 6.61 Å². The molecule has 0 aliphatic carbocycles. The highest BCUT2D eigenvalue weighted by Crippen LogP contribution is 2.20. The molecular formula is C15H21NO4. The minimum atomic E-state index is -1.00. The van der Waals surface area contributed by atoms with E-state index in [1.807, 2.05) is 51.1 Å². The zero-order valence-electron chi connectivity index (χ0n) is 12.1. The van der Waals surface area contributed by atoms with Crippen LogP contribution in [0, 0.1) is 5.41 Å². The van der Waals surface area contributed by atoms with Crippen molar-refractivity contribution in [2.45, 2.75) is 39.8 Å². The molecule has 0 heterocycles. The van der Waals surface area contributed by atoms with E-state index in [0.29, 0.717) is 0 Å². The second-order valence-corrected chi connectivity index (χ2v) is 5.67. The number of hydrogen-bond donors (Lipinski definition) is 1. The molecule has 0 radical (unpaired) electrons. The van der Waals surface area contributed by atoms with Crippen LogP contribution in [0.5, 0.6) is 0 Å². The molecule has 5 nitrogen and oxygen atoms in total. The maximum atomic E-state index is 11.5. The van der Waals surface area contributed by atoms with Gasteiger partial charge in [-0.25, -0.2) is 4.79 Å². The Kier molecular flexibility index (Phi) is 5.70. The van der Waals surface area contributed by atoms with Crippen LogP contribution in [0.1, 0.15) is 32.8 Å². The molecule has 1 unspecified atom stereocenters. The first-order chi connectivity index (χ1) is 9.29. The van der Waals surface area contributed by atoms with Gasteiger partial charge in [0.05, 0.1) is 6.42 Å². The molecule has 1 atom stereocenters. The Morgan fingerprint density at radius 3 is 2.35 bits per heavy atom. The number of ether oxygens (including phenoxy) is 2. The van der Waals surface area contributed by atoms with Crippen LogP contribution in [-0.4, -0.2) is 18.2 Å². The molecule has 0 amide bonds. The Morgan fingerprint density at radius 1 is 1.20 bits per heavy atom. The van der Waals surface area contributed by atoms with Crippen LogP contribution >= 0.6 is 0 Å². The van der Waals surface area contributed by atoms with Gasteiger partial charge in [-0.3, -0.25) is 4.79 Å². The predicted molar refractivity (Wildman–Crippen MR) is 74.8 cm³/mol. The normalized spacial score (nSPS) is 12.6. The summed E-state index contributed by atoms with van der Waals surface area (Å²) in [5.41, 5.74) is 6.43. The second kappa shape index (κ2) is 7.05. The van der Waals surface area contributed by atoms with Crippen molar-refractivity contribution in [2.24, 2.45) is 11.1 Å². The Balaban J connectivity index is 2.34. The van der Waals surface area contributed by atoms with Gasteiger partial charge >= 0.3 is 12.1 Å². The van der Waals surface area contributed by atoms with Gasteiger partial charge in [0.25, 0.3) is 0 Å². The lowest BCUT2D eigenvalue weighted by atomic mass is 9.85. The third-order valence-corrected chi connectivity index (χ3v) is 2.90. The monoisotopic (exact) mass is 279 g/mol. The number of benzene rings is 1. The average Bonchev–Trinajstić information content (AvgIpc) is 2.36. The molecule has 1 aromatic rings. The lowest BCUT2D eigenvalue weighted by Gasteiger charge is -2.25. The van der Waals surface area contributed by atoms with Crippen molar-refractivity contribution >= 4 is 12.1 Å². The van der Waals surface area contributed by atoms with Crippen LogP contribution < -0.4 is 5.73 Å². The summed E-state index contributed by atoms with van der Waals surface area (Å²) in [5, 5.41) is 0. The minimum absolute atomic E-state index is 0.0239. The summed E-state index contributed by atoms with van der Waals surface area (Å²) in [6, 6.07) is 8.76. The predicted octanol–water partition coefficient (Wildman–Crippen LogP) is 2.63. The lowest BCUT2D eigenvalue weighted by molar-refractivity contribution is -0.141. The van der Waals surface area contributed by atoms with Crippen molar-refractivity contribution in [2.75, 3.05) is 0 Å². The molecule has 0 aromatic heterocycles. The molecular weight excluding hydrogens is 258 g/mol. The van der Waals surface area contributed by atoms with Gasteiger partial charge in [-0.1, -0.05) is 51.1 Å². The van der Waals surface area contributed by atoms with Gasteiger partial charge in [-0.15, -0.1) is 0 Å². The largest absolute Gasteiger partial charge is 0.516 e. The molecule has 1 aromatic carbocycles. The first kappa shape index (κ1) is 16.2. The van der Waals surface area contributed by atoms with Crippen LogP contribution in [0.15, 0.2) is 30.3 Å². The standard InChI is InChI=1S/C15H21NO4/c1-15(2,3)12(16)9-13(17)20-14(18)19-10-11-7-5-4-6-8-11/h4-8,12H,9-10,16H2,1-3H3. The van der Waals surface area contributed by atoms with E-state index in [0.717, 1.165) is 5.56 Å². The maximum absolute atomic E-state index is 11.5. The average molecular weight is 279 g/mol. The summed E-state index contributed by atoms with van der Waals surface area (Å²) in [6.07, 6.45) is -1.02. The van der Waals surface area contributed by atoms with E-state index in [4.69, 9.17) is 10.5 Å². The summed E-state index contributed by atoms with van der Waals surface area (Å²) < 4.78 is 9.40. The van der Waals surface area contributed by atoms with Gasteiger partial charge < -0.3 is 15.2 Å². The van der Waals surface area contributed by atoms with E-state index in [2.05, 4.69) is 4.74 Å². The number of carbonyl (C=O) groups excluding carboxylic acids is 2. The minimum Gasteiger partial charge on any atom is -0.429 e. The summed E-state index contributed by atoms with van der Waals surface area (Å²) in [7, 11) is 0. The fraction of sp³-hybridized carbons (Fsp3) is 0.467. The number of rotatable bonds is 4. The highest BCUT2D eigenvalue weighted by atomic mass is 16.7. The first-order valence-corrected chi connectivity index (χ1v) is 6.46. The lowest BCUT2D eigenvalue weighted by Crippen LogP contribution is -2.37. The zero-order chi connectivity index (χ0) is 15.2. The molecule has 0 fully saturated rings. The van der Waals surface area contributed by atoms with Crippen LogP contribution in [-0.2, 0) is 20.9 Å². The van der Waals surface area contributed by atoms with E-state index in [1.165, 1.54) is 0 Å². The first-order valence-electron chi connectivity index (χ1n) is 6.46. The molecule has 20 heavy (non-hydrogen) atoms. The Bertz CT molecular complexity index is 451. The van der Waals surface area contributed by atoms with Crippen LogP contribution in [0.4, 0.5) is 4.79 Å².